The summed E-state index contributed by atoms with van der Waals surface area (Å²) in [5, 5.41) is 0. The van der Waals surface area contributed by atoms with Gasteiger partial charge in [-0.05, 0) is 49.2 Å². The number of rotatable bonds is 5. The molecule has 0 bridgehead atoms. The van der Waals surface area contributed by atoms with Crippen molar-refractivity contribution in [3.8, 4) is 5.75 Å². The quantitative estimate of drug-likeness (QED) is 0.834. The molecule has 0 unspecified atom stereocenters. The van der Waals surface area contributed by atoms with Crippen molar-refractivity contribution < 1.29 is 14.3 Å². The highest BCUT2D eigenvalue weighted by molar-refractivity contribution is 5.99. The van der Waals surface area contributed by atoms with E-state index in [1.165, 1.54) is 0 Å². The molecule has 0 radical (unpaired) electrons. The van der Waals surface area contributed by atoms with Gasteiger partial charge in [0.05, 0.1) is 6.61 Å². The monoisotopic (exact) mass is 312 g/mol. The summed E-state index contributed by atoms with van der Waals surface area (Å²) < 4.78 is 5.46. The summed E-state index contributed by atoms with van der Waals surface area (Å²) >= 11 is 0. The standard InChI is InChI=1S/C18H20N2O3/c1-3-12-23-15-10-8-14(9-11-15)17(21)19-20-18(22)16-7-5-4-6-13(16)2/h4-11H,3,12H2,1-2H3,(H,19,21)(H,20,22). The number of carbonyl (C=O) groups excluding carboxylic acids is 2. The molecular formula is C18H20N2O3. The third-order valence-corrected chi connectivity index (χ3v) is 3.27. The van der Waals surface area contributed by atoms with Gasteiger partial charge in [-0.25, -0.2) is 0 Å². The van der Waals surface area contributed by atoms with Crippen molar-refractivity contribution in [2.45, 2.75) is 20.3 Å². The third kappa shape index (κ3) is 4.57. The molecule has 0 aliphatic heterocycles. The lowest BCUT2D eigenvalue weighted by Crippen LogP contribution is -2.41. The molecule has 0 aliphatic carbocycles. The molecule has 5 heteroatoms. The summed E-state index contributed by atoms with van der Waals surface area (Å²) in [4.78, 5) is 24.1. The minimum atomic E-state index is -0.381. The van der Waals surface area contributed by atoms with E-state index in [9.17, 15) is 9.59 Å². The van der Waals surface area contributed by atoms with Gasteiger partial charge in [-0.2, -0.15) is 0 Å². The first-order valence-corrected chi connectivity index (χ1v) is 7.51. The zero-order valence-corrected chi connectivity index (χ0v) is 13.3. The van der Waals surface area contributed by atoms with Crippen molar-refractivity contribution in [3.05, 3.63) is 65.2 Å². The highest BCUT2D eigenvalue weighted by atomic mass is 16.5. The number of aryl methyl sites for hydroxylation is 1. The van der Waals surface area contributed by atoms with Gasteiger partial charge in [-0.3, -0.25) is 20.4 Å². The Balaban J connectivity index is 1.92. The molecule has 2 rings (SSSR count). The van der Waals surface area contributed by atoms with Crippen LogP contribution in [0.1, 0.15) is 39.6 Å². The Kier molecular flexibility index (Phi) is 5.74. The third-order valence-electron chi connectivity index (χ3n) is 3.27. The van der Waals surface area contributed by atoms with Crippen LogP contribution in [0, 0.1) is 6.92 Å². The van der Waals surface area contributed by atoms with Gasteiger partial charge >= 0.3 is 0 Å². The van der Waals surface area contributed by atoms with E-state index in [-0.39, 0.29) is 11.8 Å². The molecule has 0 saturated carbocycles. The van der Waals surface area contributed by atoms with Gasteiger partial charge in [0.1, 0.15) is 5.75 Å². The zero-order chi connectivity index (χ0) is 16.7. The molecular weight excluding hydrogens is 292 g/mol. The summed E-state index contributed by atoms with van der Waals surface area (Å²) in [7, 11) is 0. The van der Waals surface area contributed by atoms with E-state index in [4.69, 9.17) is 4.74 Å². The predicted molar refractivity (Wildman–Crippen MR) is 88.3 cm³/mol. The summed E-state index contributed by atoms with van der Waals surface area (Å²) in [6.07, 6.45) is 0.924. The Morgan fingerprint density at radius 3 is 2.26 bits per heavy atom. The number of nitrogens with one attached hydrogen (secondary N) is 2. The molecule has 23 heavy (non-hydrogen) atoms. The van der Waals surface area contributed by atoms with E-state index < -0.39 is 0 Å². The summed E-state index contributed by atoms with van der Waals surface area (Å²) in [5.41, 5.74) is 6.64. The van der Waals surface area contributed by atoms with E-state index in [0.717, 1.165) is 12.0 Å². The molecule has 2 aromatic carbocycles. The first-order chi connectivity index (χ1) is 11.1. The Hall–Kier alpha value is -2.82. The number of hydrogen-bond acceptors (Lipinski definition) is 3. The van der Waals surface area contributed by atoms with Crippen LogP contribution >= 0.6 is 0 Å². The molecule has 0 aromatic heterocycles. The zero-order valence-electron chi connectivity index (χ0n) is 13.3. The summed E-state index contributed by atoms with van der Waals surface area (Å²) in [6, 6.07) is 13.9. The molecule has 2 amide bonds. The molecule has 2 N–H and O–H groups in total. The van der Waals surface area contributed by atoms with Crippen LogP contribution < -0.4 is 15.6 Å². The van der Waals surface area contributed by atoms with E-state index in [2.05, 4.69) is 10.9 Å². The van der Waals surface area contributed by atoms with E-state index in [1.807, 2.05) is 26.0 Å². The van der Waals surface area contributed by atoms with Crippen LogP contribution in [0.15, 0.2) is 48.5 Å². The molecule has 0 atom stereocenters. The fraction of sp³-hybridized carbons (Fsp3) is 0.222. The van der Waals surface area contributed by atoms with Crippen LogP contribution in [0.25, 0.3) is 0 Å². The molecule has 0 saturated heterocycles. The molecule has 0 fully saturated rings. The first-order valence-electron chi connectivity index (χ1n) is 7.51. The van der Waals surface area contributed by atoms with Gasteiger partial charge < -0.3 is 4.74 Å². The van der Waals surface area contributed by atoms with E-state index in [0.29, 0.717) is 23.5 Å². The van der Waals surface area contributed by atoms with Crippen LogP contribution in [0.5, 0.6) is 5.75 Å². The predicted octanol–water partition coefficient (Wildman–Crippen LogP) is 2.86. The average Bonchev–Trinajstić information content (AvgIpc) is 2.58. The van der Waals surface area contributed by atoms with Gasteiger partial charge in [0.2, 0.25) is 0 Å². The van der Waals surface area contributed by atoms with Gasteiger partial charge in [-0.15, -0.1) is 0 Å². The largest absolute Gasteiger partial charge is 0.494 e. The second kappa shape index (κ2) is 7.98. The lowest BCUT2D eigenvalue weighted by atomic mass is 10.1. The highest BCUT2D eigenvalue weighted by Crippen LogP contribution is 2.12. The van der Waals surface area contributed by atoms with Crippen molar-refractivity contribution in [1.29, 1.82) is 0 Å². The fourth-order valence-electron chi connectivity index (χ4n) is 2.00. The number of carbonyl (C=O) groups is 2. The Labute approximate surface area is 135 Å². The van der Waals surface area contributed by atoms with Crippen molar-refractivity contribution >= 4 is 11.8 Å². The fourth-order valence-corrected chi connectivity index (χ4v) is 2.00. The number of hydrogen-bond donors (Lipinski definition) is 2. The summed E-state index contributed by atoms with van der Waals surface area (Å²) in [6.45, 7) is 4.50. The number of hydrazine groups is 1. The molecule has 2 aromatic rings. The molecule has 0 heterocycles. The maximum Gasteiger partial charge on any atom is 0.269 e. The normalized spacial score (nSPS) is 10.0. The Bertz CT molecular complexity index is 681. The van der Waals surface area contributed by atoms with Crippen LogP contribution in [-0.4, -0.2) is 18.4 Å². The maximum absolute atomic E-state index is 12.0. The van der Waals surface area contributed by atoms with E-state index in [1.54, 1.807) is 36.4 Å². The van der Waals surface area contributed by atoms with Crippen molar-refractivity contribution in [2.75, 3.05) is 6.61 Å². The van der Waals surface area contributed by atoms with Crippen molar-refractivity contribution in [1.82, 2.24) is 10.9 Å². The molecule has 5 nitrogen and oxygen atoms in total. The molecule has 120 valence electrons. The van der Waals surface area contributed by atoms with Crippen LogP contribution in [0.3, 0.4) is 0 Å². The smallest absolute Gasteiger partial charge is 0.269 e. The lowest BCUT2D eigenvalue weighted by Gasteiger charge is -2.09. The first kappa shape index (κ1) is 16.5. The Morgan fingerprint density at radius 2 is 1.61 bits per heavy atom. The highest BCUT2D eigenvalue weighted by Gasteiger charge is 2.10. The molecule has 0 aliphatic rings. The molecule has 0 spiro atoms. The van der Waals surface area contributed by atoms with E-state index >= 15 is 0 Å². The Morgan fingerprint density at radius 1 is 0.957 bits per heavy atom. The summed E-state index contributed by atoms with van der Waals surface area (Å²) in [5.74, 6) is -0.0133. The SMILES string of the molecule is CCCOc1ccc(C(=O)NNC(=O)c2ccccc2C)cc1. The number of ether oxygens (including phenoxy) is 1. The number of benzene rings is 2. The van der Waals surface area contributed by atoms with Crippen molar-refractivity contribution in [3.63, 3.8) is 0 Å². The topological polar surface area (TPSA) is 67.4 Å². The lowest BCUT2D eigenvalue weighted by molar-refractivity contribution is 0.0846. The average molecular weight is 312 g/mol. The van der Waals surface area contributed by atoms with Crippen LogP contribution in [0.4, 0.5) is 0 Å². The second-order valence-corrected chi connectivity index (χ2v) is 5.10. The second-order valence-electron chi connectivity index (χ2n) is 5.10. The van der Waals surface area contributed by atoms with Crippen LogP contribution in [0.2, 0.25) is 0 Å². The van der Waals surface area contributed by atoms with Crippen molar-refractivity contribution in [2.24, 2.45) is 0 Å². The minimum Gasteiger partial charge on any atom is -0.494 e. The number of amides is 2. The van der Waals surface area contributed by atoms with Gasteiger partial charge in [-0.1, -0.05) is 25.1 Å². The minimum absolute atomic E-state index is 0.348. The maximum atomic E-state index is 12.0. The van der Waals surface area contributed by atoms with Gasteiger partial charge in [0.25, 0.3) is 11.8 Å². The van der Waals surface area contributed by atoms with Gasteiger partial charge in [0.15, 0.2) is 0 Å². The van der Waals surface area contributed by atoms with Gasteiger partial charge in [0, 0.05) is 11.1 Å². The van der Waals surface area contributed by atoms with Crippen LogP contribution in [-0.2, 0) is 0 Å².